The summed E-state index contributed by atoms with van der Waals surface area (Å²) in [6.07, 6.45) is -2.36. The minimum atomic E-state index is -4.80. The van der Waals surface area contributed by atoms with Crippen molar-refractivity contribution in [3.05, 3.63) is 35.1 Å². The molecule has 2 rings (SSSR count). The predicted octanol–water partition coefficient (Wildman–Crippen LogP) is 3.52. The van der Waals surface area contributed by atoms with Crippen LogP contribution in [0.5, 0.6) is 0 Å². The molecule has 1 amide bonds. The highest BCUT2D eigenvalue weighted by molar-refractivity contribution is 5.95. The number of rotatable bonds is 2. The number of amides is 1. The van der Waals surface area contributed by atoms with Crippen molar-refractivity contribution in [1.82, 2.24) is 5.32 Å². The largest absolute Gasteiger partial charge is 0.419 e. The zero-order chi connectivity index (χ0) is 14.3. The lowest BCUT2D eigenvalue weighted by atomic mass is 9.78. The summed E-state index contributed by atoms with van der Waals surface area (Å²) < 4.78 is 51.3. The number of benzene rings is 1. The van der Waals surface area contributed by atoms with Gasteiger partial charge in [0.25, 0.3) is 5.91 Å². The van der Waals surface area contributed by atoms with Crippen LogP contribution in [0.2, 0.25) is 0 Å². The molecule has 0 bridgehead atoms. The Labute approximate surface area is 107 Å². The predicted molar refractivity (Wildman–Crippen MR) is 61.1 cm³/mol. The van der Waals surface area contributed by atoms with Crippen LogP contribution in [0.1, 0.15) is 42.1 Å². The summed E-state index contributed by atoms with van der Waals surface area (Å²) in [6.45, 7) is 1.79. The Kier molecular flexibility index (Phi) is 3.28. The van der Waals surface area contributed by atoms with E-state index in [0.717, 1.165) is 31.4 Å². The van der Waals surface area contributed by atoms with Crippen molar-refractivity contribution >= 4 is 5.91 Å². The fourth-order valence-electron chi connectivity index (χ4n) is 2.10. The van der Waals surface area contributed by atoms with Crippen molar-refractivity contribution in [3.63, 3.8) is 0 Å². The highest BCUT2D eigenvalue weighted by Gasteiger charge is 2.37. The van der Waals surface area contributed by atoms with Crippen LogP contribution in [0.25, 0.3) is 0 Å². The second-order valence-corrected chi connectivity index (χ2v) is 5.03. The molecular formula is C13H13F4NO. The van der Waals surface area contributed by atoms with Crippen LogP contribution in [0.4, 0.5) is 17.6 Å². The summed E-state index contributed by atoms with van der Waals surface area (Å²) in [5.41, 5.74) is -2.42. The second-order valence-electron chi connectivity index (χ2n) is 5.03. The minimum absolute atomic E-state index is 0.433. The first-order chi connectivity index (χ1) is 8.73. The van der Waals surface area contributed by atoms with Gasteiger partial charge in [-0.25, -0.2) is 4.39 Å². The highest BCUT2D eigenvalue weighted by atomic mass is 19.4. The molecule has 0 unspecified atom stereocenters. The lowest BCUT2D eigenvalue weighted by molar-refractivity contribution is -0.140. The number of hydrogen-bond acceptors (Lipinski definition) is 1. The first-order valence-electron chi connectivity index (χ1n) is 5.91. The third kappa shape index (κ3) is 2.72. The molecule has 1 aromatic carbocycles. The van der Waals surface area contributed by atoms with Gasteiger partial charge in [-0.05, 0) is 38.3 Å². The molecule has 1 N–H and O–H groups in total. The molecule has 0 spiro atoms. The van der Waals surface area contributed by atoms with E-state index in [1.807, 2.05) is 0 Å². The monoisotopic (exact) mass is 275 g/mol. The van der Waals surface area contributed by atoms with Gasteiger partial charge in [0.15, 0.2) is 0 Å². The Bertz CT molecular complexity index is 506. The van der Waals surface area contributed by atoms with E-state index in [4.69, 9.17) is 0 Å². The van der Waals surface area contributed by atoms with Gasteiger partial charge < -0.3 is 5.32 Å². The van der Waals surface area contributed by atoms with E-state index in [9.17, 15) is 22.4 Å². The first-order valence-corrected chi connectivity index (χ1v) is 5.91. The molecule has 0 radical (unpaired) electrons. The van der Waals surface area contributed by atoms with Crippen molar-refractivity contribution in [3.8, 4) is 0 Å². The number of nitrogens with one attached hydrogen (secondary N) is 1. The Balaban J connectivity index is 2.27. The lowest BCUT2D eigenvalue weighted by Gasteiger charge is -2.39. The van der Waals surface area contributed by atoms with Crippen LogP contribution in [-0.2, 0) is 6.18 Å². The highest BCUT2D eigenvalue weighted by Crippen LogP contribution is 2.34. The van der Waals surface area contributed by atoms with E-state index in [0.29, 0.717) is 6.07 Å². The minimum Gasteiger partial charge on any atom is -0.347 e. The molecule has 1 aliphatic rings. The van der Waals surface area contributed by atoms with Gasteiger partial charge in [-0.1, -0.05) is 6.07 Å². The standard InChI is InChI=1S/C13H13F4NO/c1-12(6-3-7-12)18-11(19)8-4-2-5-9(10(8)14)13(15,16)17/h2,4-5H,3,6-7H2,1H3,(H,18,19). The zero-order valence-electron chi connectivity index (χ0n) is 10.3. The average molecular weight is 275 g/mol. The number of halogens is 4. The van der Waals surface area contributed by atoms with Crippen molar-refractivity contribution < 1.29 is 22.4 Å². The Morgan fingerprint density at radius 1 is 1.32 bits per heavy atom. The molecular weight excluding hydrogens is 262 g/mol. The maximum absolute atomic E-state index is 13.7. The topological polar surface area (TPSA) is 29.1 Å². The van der Waals surface area contributed by atoms with Gasteiger partial charge in [0, 0.05) is 5.54 Å². The van der Waals surface area contributed by atoms with Crippen molar-refractivity contribution in [2.24, 2.45) is 0 Å². The van der Waals surface area contributed by atoms with E-state index in [1.165, 1.54) is 0 Å². The molecule has 1 aromatic rings. The van der Waals surface area contributed by atoms with Crippen LogP contribution in [0.15, 0.2) is 18.2 Å². The molecule has 0 aliphatic heterocycles. The fourth-order valence-corrected chi connectivity index (χ4v) is 2.10. The van der Waals surface area contributed by atoms with Crippen LogP contribution in [0.3, 0.4) is 0 Å². The van der Waals surface area contributed by atoms with Crippen LogP contribution >= 0.6 is 0 Å². The van der Waals surface area contributed by atoms with Crippen molar-refractivity contribution in [2.75, 3.05) is 0 Å². The van der Waals surface area contributed by atoms with Crippen LogP contribution in [-0.4, -0.2) is 11.4 Å². The maximum atomic E-state index is 13.7. The summed E-state index contributed by atoms with van der Waals surface area (Å²) in [5.74, 6) is -2.32. The quantitative estimate of drug-likeness (QED) is 0.822. The summed E-state index contributed by atoms with van der Waals surface area (Å²) >= 11 is 0. The molecule has 104 valence electrons. The van der Waals surface area contributed by atoms with Gasteiger partial charge in [-0.3, -0.25) is 4.79 Å². The molecule has 0 aromatic heterocycles. The Morgan fingerprint density at radius 3 is 2.42 bits per heavy atom. The molecule has 0 saturated heterocycles. The van der Waals surface area contributed by atoms with E-state index >= 15 is 0 Å². The first kappa shape index (κ1) is 13.8. The number of carbonyl (C=O) groups excluding carboxylic acids is 1. The molecule has 1 aliphatic carbocycles. The normalized spacial score (nSPS) is 17.7. The molecule has 19 heavy (non-hydrogen) atoms. The van der Waals surface area contributed by atoms with Crippen molar-refractivity contribution in [1.29, 1.82) is 0 Å². The Morgan fingerprint density at radius 2 is 1.95 bits per heavy atom. The van der Waals surface area contributed by atoms with Gasteiger partial charge in [0.2, 0.25) is 0 Å². The smallest absolute Gasteiger partial charge is 0.347 e. The number of carbonyl (C=O) groups is 1. The molecule has 0 atom stereocenters. The van der Waals surface area contributed by atoms with E-state index < -0.39 is 34.6 Å². The average Bonchev–Trinajstić information content (AvgIpc) is 2.25. The number of alkyl halides is 3. The maximum Gasteiger partial charge on any atom is 0.419 e. The summed E-state index contributed by atoms with van der Waals surface area (Å²) in [4.78, 5) is 11.8. The summed E-state index contributed by atoms with van der Waals surface area (Å²) in [6, 6.07) is 2.71. The fraction of sp³-hybridized carbons (Fsp3) is 0.462. The Hall–Kier alpha value is -1.59. The third-order valence-electron chi connectivity index (χ3n) is 3.42. The van der Waals surface area contributed by atoms with Crippen LogP contribution < -0.4 is 5.32 Å². The van der Waals surface area contributed by atoms with Crippen LogP contribution in [0, 0.1) is 5.82 Å². The zero-order valence-corrected chi connectivity index (χ0v) is 10.3. The molecule has 1 saturated carbocycles. The van der Waals surface area contributed by atoms with Gasteiger partial charge in [0.05, 0.1) is 11.1 Å². The lowest BCUT2D eigenvalue weighted by Crippen LogP contribution is -2.51. The second kappa shape index (κ2) is 4.51. The summed E-state index contributed by atoms with van der Waals surface area (Å²) in [7, 11) is 0. The molecule has 0 heterocycles. The van der Waals surface area contributed by atoms with E-state index in [1.54, 1.807) is 6.92 Å². The van der Waals surface area contributed by atoms with Gasteiger partial charge in [-0.15, -0.1) is 0 Å². The number of hydrogen-bond donors (Lipinski definition) is 1. The molecule has 6 heteroatoms. The van der Waals surface area contributed by atoms with E-state index in [2.05, 4.69) is 5.32 Å². The van der Waals surface area contributed by atoms with Crippen molar-refractivity contribution in [2.45, 2.75) is 37.9 Å². The molecule has 1 fully saturated rings. The van der Waals surface area contributed by atoms with E-state index in [-0.39, 0.29) is 0 Å². The van der Waals surface area contributed by atoms with Gasteiger partial charge >= 0.3 is 6.18 Å². The summed E-state index contributed by atoms with van der Waals surface area (Å²) in [5, 5.41) is 2.58. The molecule has 2 nitrogen and oxygen atoms in total. The van der Waals surface area contributed by atoms with Gasteiger partial charge in [-0.2, -0.15) is 13.2 Å². The SMILES string of the molecule is CC1(NC(=O)c2cccc(C(F)(F)F)c2F)CCC1. The third-order valence-corrected chi connectivity index (χ3v) is 3.42. The van der Waals surface area contributed by atoms with Gasteiger partial charge in [0.1, 0.15) is 5.82 Å².